The molecule has 3 aromatic rings. The minimum Gasteiger partial charge on any atom is -0.373 e. The number of nitrogens with zero attached hydrogens (tertiary/aromatic N) is 2. The zero-order valence-corrected chi connectivity index (χ0v) is 15.3. The van der Waals surface area contributed by atoms with Crippen LogP contribution in [0.2, 0.25) is 0 Å². The summed E-state index contributed by atoms with van der Waals surface area (Å²) in [4.78, 5) is 21.2. The molecule has 3 heterocycles. The molecule has 2 aromatic heterocycles. The molecule has 1 aliphatic rings. The zero-order valence-electron chi connectivity index (χ0n) is 14.5. The van der Waals surface area contributed by atoms with E-state index in [1.54, 1.807) is 17.5 Å². The number of amides is 1. The van der Waals surface area contributed by atoms with Gasteiger partial charge in [-0.25, -0.2) is 4.98 Å². The van der Waals surface area contributed by atoms with Crippen molar-refractivity contribution in [3.05, 3.63) is 64.9 Å². The lowest BCUT2D eigenvalue weighted by Crippen LogP contribution is -2.39. The van der Waals surface area contributed by atoms with E-state index in [4.69, 9.17) is 0 Å². The van der Waals surface area contributed by atoms with Crippen molar-refractivity contribution in [2.24, 2.45) is 0 Å². The van der Waals surface area contributed by atoms with Crippen LogP contribution >= 0.6 is 11.3 Å². The molecular formula is C20H20N4OS. The molecular weight excluding hydrogens is 344 g/mol. The number of thiazole rings is 1. The van der Waals surface area contributed by atoms with Gasteiger partial charge in [-0.05, 0) is 30.7 Å². The van der Waals surface area contributed by atoms with Gasteiger partial charge in [0.05, 0.1) is 5.69 Å². The van der Waals surface area contributed by atoms with Gasteiger partial charge < -0.3 is 10.6 Å². The first kappa shape index (κ1) is 16.7. The maximum atomic E-state index is 12.4. The van der Waals surface area contributed by atoms with Gasteiger partial charge in [-0.15, -0.1) is 11.3 Å². The maximum Gasteiger partial charge on any atom is 0.242 e. The van der Waals surface area contributed by atoms with Gasteiger partial charge in [-0.2, -0.15) is 0 Å². The molecule has 0 fully saturated rings. The van der Waals surface area contributed by atoms with Gasteiger partial charge in [-0.3, -0.25) is 9.78 Å². The van der Waals surface area contributed by atoms with Crippen LogP contribution in [0.1, 0.15) is 16.8 Å². The molecule has 1 aromatic carbocycles. The summed E-state index contributed by atoms with van der Waals surface area (Å²) in [5, 5.41) is 9.33. The number of pyridine rings is 1. The molecule has 0 radical (unpaired) electrons. The highest BCUT2D eigenvalue weighted by Gasteiger charge is 2.26. The number of aryl methyl sites for hydroxylation is 1. The number of carbonyl (C=O) groups excluding carboxylic acids is 1. The molecule has 5 nitrogen and oxygen atoms in total. The summed E-state index contributed by atoms with van der Waals surface area (Å²) in [6.07, 6.45) is 5.03. The molecule has 1 atom stereocenters. The average molecular weight is 364 g/mol. The van der Waals surface area contributed by atoms with Crippen LogP contribution in [0.25, 0.3) is 10.6 Å². The Morgan fingerprint density at radius 2 is 2.31 bits per heavy atom. The van der Waals surface area contributed by atoms with E-state index in [2.05, 4.69) is 39.7 Å². The Bertz CT molecular complexity index is 923. The lowest BCUT2D eigenvalue weighted by atomic mass is 10.1. The summed E-state index contributed by atoms with van der Waals surface area (Å²) in [6, 6.07) is 9.98. The summed E-state index contributed by atoms with van der Waals surface area (Å²) in [7, 11) is 0. The highest BCUT2D eigenvalue weighted by atomic mass is 32.1. The van der Waals surface area contributed by atoms with Crippen LogP contribution < -0.4 is 10.6 Å². The summed E-state index contributed by atoms with van der Waals surface area (Å²) in [6.45, 7) is 2.66. The van der Waals surface area contributed by atoms with E-state index in [0.29, 0.717) is 6.54 Å². The molecule has 2 N–H and O–H groups in total. The fourth-order valence-electron chi connectivity index (χ4n) is 3.13. The van der Waals surface area contributed by atoms with Crippen LogP contribution in [-0.4, -0.2) is 28.5 Å². The smallest absolute Gasteiger partial charge is 0.242 e. The highest BCUT2D eigenvalue weighted by molar-refractivity contribution is 7.13. The monoisotopic (exact) mass is 364 g/mol. The van der Waals surface area contributed by atoms with Gasteiger partial charge in [-0.1, -0.05) is 17.7 Å². The lowest BCUT2D eigenvalue weighted by Gasteiger charge is -2.11. The quantitative estimate of drug-likeness (QED) is 0.730. The fourth-order valence-corrected chi connectivity index (χ4v) is 3.97. The average Bonchev–Trinajstić information content (AvgIpc) is 3.29. The molecule has 0 aliphatic carbocycles. The third kappa shape index (κ3) is 3.60. The van der Waals surface area contributed by atoms with E-state index in [1.165, 1.54) is 11.1 Å². The van der Waals surface area contributed by atoms with Gasteiger partial charge in [0, 0.05) is 48.4 Å². The number of fused-ring (bicyclic) bond motifs is 1. The summed E-state index contributed by atoms with van der Waals surface area (Å²) >= 11 is 1.60. The normalized spacial score (nSPS) is 15.3. The van der Waals surface area contributed by atoms with E-state index in [1.807, 2.05) is 29.8 Å². The second kappa shape index (κ2) is 7.25. The Labute approximate surface area is 156 Å². The molecule has 0 spiro atoms. The maximum absolute atomic E-state index is 12.4. The fraction of sp³-hybridized carbons (Fsp3) is 0.250. The van der Waals surface area contributed by atoms with Crippen LogP contribution in [0.3, 0.4) is 0 Å². The molecule has 1 unspecified atom stereocenters. The second-order valence-electron chi connectivity index (χ2n) is 6.49. The van der Waals surface area contributed by atoms with Crippen molar-refractivity contribution in [1.82, 2.24) is 15.3 Å². The van der Waals surface area contributed by atoms with Gasteiger partial charge in [0.25, 0.3) is 0 Å². The highest BCUT2D eigenvalue weighted by Crippen LogP contribution is 2.26. The molecule has 4 rings (SSSR count). The topological polar surface area (TPSA) is 66.9 Å². The minimum absolute atomic E-state index is 0.0431. The number of carbonyl (C=O) groups is 1. The van der Waals surface area contributed by atoms with E-state index in [9.17, 15) is 4.79 Å². The van der Waals surface area contributed by atoms with Crippen LogP contribution in [0.15, 0.2) is 48.1 Å². The minimum atomic E-state index is -0.187. The predicted molar refractivity (Wildman–Crippen MR) is 104 cm³/mol. The Balaban J connectivity index is 1.29. The third-order valence-electron chi connectivity index (χ3n) is 4.47. The van der Waals surface area contributed by atoms with Crippen LogP contribution in [0, 0.1) is 6.92 Å². The summed E-state index contributed by atoms with van der Waals surface area (Å²) in [5.74, 6) is 0.0431. The summed E-state index contributed by atoms with van der Waals surface area (Å²) < 4.78 is 0. The Kier molecular flexibility index (Phi) is 4.67. The van der Waals surface area contributed by atoms with Gasteiger partial charge in [0.15, 0.2) is 0 Å². The van der Waals surface area contributed by atoms with Gasteiger partial charge >= 0.3 is 0 Å². The molecule has 1 aliphatic heterocycles. The molecule has 26 heavy (non-hydrogen) atoms. The van der Waals surface area contributed by atoms with E-state index < -0.39 is 0 Å². The van der Waals surface area contributed by atoms with Crippen molar-refractivity contribution < 1.29 is 4.79 Å². The standard InChI is InChI=1S/C20H20N4OS/c1-13-4-5-17-15(9-13)10-18(24-17)19(25)22-8-6-16-12-26-20(23-16)14-3-2-7-21-11-14/h2-5,7,9,11-12,18,24H,6,8,10H2,1H3,(H,22,25). The van der Waals surface area contributed by atoms with E-state index >= 15 is 0 Å². The molecule has 0 saturated carbocycles. The second-order valence-corrected chi connectivity index (χ2v) is 7.35. The van der Waals surface area contributed by atoms with Crippen LogP contribution in [-0.2, 0) is 17.6 Å². The molecule has 132 valence electrons. The Hall–Kier alpha value is -2.73. The number of rotatable bonds is 5. The number of hydrogen-bond acceptors (Lipinski definition) is 5. The lowest BCUT2D eigenvalue weighted by molar-refractivity contribution is -0.121. The van der Waals surface area contributed by atoms with Crippen molar-refractivity contribution in [2.45, 2.75) is 25.8 Å². The van der Waals surface area contributed by atoms with Crippen molar-refractivity contribution >= 4 is 22.9 Å². The number of nitrogens with one attached hydrogen (secondary N) is 2. The van der Waals surface area contributed by atoms with Gasteiger partial charge in [0.1, 0.15) is 11.0 Å². The third-order valence-corrected chi connectivity index (χ3v) is 5.41. The summed E-state index contributed by atoms with van der Waals surface area (Å²) in [5.41, 5.74) is 5.52. The SMILES string of the molecule is Cc1ccc2c(c1)CC(C(=O)NCCc1csc(-c3cccnc3)n1)N2. The Morgan fingerprint density at radius 3 is 3.15 bits per heavy atom. The number of aromatic nitrogens is 2. The number of anilines is 1. The van der Waals surface area contributed by atoms with Crippen LogP contribution in [0.4, 0.5) is 5.69 Å². The first-order valence-corrected chi connectivity index (χ1v) is 9.55. The largest absolute Gasteiger partial charge is 0.373 e. The van der Waals surface area contributed by atoms with Crippen molar-refractivity contribution in [2.75, 3.05) is 11.9 Å². The first-order valence-electron chi connectivity index (χ1n) is 8.67. The molecule has 0 saturated heterocycles. The molecule has 6 heteroatoms. The molecule has 1 amide bonds. The number of hydrogen-bond donors (Lipinski definition) is 2. The Morgan fingerprint density at radius 1 is 1.38 bits per heavy atom. The molecule has 0 bridgehead atoms. The predicted octanol–water partition coefficient (Wildman–Crippen LogP) is 3.21. The van der Waals surface area contributed by atoms with Crippen molar-refractivity contribution in [3.8, 4) is 10.6 Å². The van der Waals surface area contributed by atoms with Gasteiger partial charge in [0.2, 0.25) is 5.91 Å². The van der Waals surface area contributed by atoms with Crippen LogP contribution in [0.5, 0.6) is 0 Å². The first-order chi connectivity index (χ1) is 12.7. The van der Waals surface area contributed by atoms with E-state index in [0.717, 1.165) is 34.8 Å². The zero-order chi connectivity index (χ0) is 17.9. The van der Waals surface area contributed by atoms with Crippen molar-refractivity contribution in [3.63, 3.8) is 0 Å². The van der Waals surface area contributed by atoms with Crippen molar-refractivity contribution in [1.29, 1.82) is 0 Å². The van der Waals surface area contributed by atoms with E-state index in [-0.39, 0.29) is 11.9 Å². The number of benzene rings is 1.